The van der Waals surface area contributed by atoms with Crippen molar-refractivity contribution in [1.82, 2.24) is 5.32 Å². The smallest absolute Gasteiger partial charge is 0.308 e. The largest absolute Gasteiger partial charge is 0.481 e. The molecule has 122 valence electrons. The van der Waals surface area contributed by atoms with Crippen LogP contribution in [0, 0.1) is 5.92 Å². The van der Waals surface area contributed by atoms with E-state index in [-0.39, 0.29) is 17.7 Å². The third-order valence-corrected chi connectivity index (χ3v) is 4.55. The number of nitrogens with one attached hydrogen (secondary N) is 1. The summed E-state index contributed by atoms with van der Waals surface area (Å²) in [6, 6.07) is 8.78. The molecule has 23 heavy (non-hydrogen) atoms. The highest BCUT2D eigenvalue weighted by atomic mass is 16.4. The predicted molar refractivity (Wildman–Crippen MR) is 86.3 cm³/mol. The molecule has 1 aliphatic rings. The van der Waals surface area contributed by atoms with E-state index in [9.17, 15) is 14.7 Å². The van der Waals surface area contributed by atoms with Gasteiger partial charge in [-0.25, -0.2) is 0 Å². The van der Waals surface area contributed by atoms with Gasteiger partial charge in [-0.05, 0) is 25.0 Å². The van der Waals surface area contributed by atoms with Gasteiger partial charge in [-0.3, -0.25) is 9.59 Å². The number of benzene rings is 1. The van der Waals surface area contributed by atoms with E-state index in [2.05, 4.69) is 5.32 Å². The van der Waals surface area contributed by atoms with E-state index < -0.39 is 11.9 Å². The molecule has 1 aliphatic carbocycles. The number of fused-ring (bicyclic) bond motifs is 1. The molecule has 1 aromatic heterocycles. The van der Waals surface area contributed by atoms with E-state index in [1.165, 1.54) is 0 Å². The first-order chi connectivity index (χ1) is 11.1. The molecule has 0 saturated heterocycles. The lowest BCUT2D eigenvalue weighted by molar-refractivity contribution is -0.143. The summed E-state index contributed by atoms with van der Waals surface area (Å²) in [7, 11) is 0. The summed E-state index contributed by atoms with van der Waals surface area (Å²) in [5.41, 5.74) is 0.658. The molecule has 0 radical (unpaired) electrons. The van der Waals surface area contributed by atoms with Gasteiger partial charge in [0.15, 0.2) is 5.76 Å². The minimum atomic E-state index is -0.832. The second kappa shape index (κ2) is 6.86. The van der Waals surface area contributed by atoms with Crippen LogP contribution in [0.4, 0.5) is 0 Å². The summed E-state index contributed by atoms with van der Waals surface area (Å²) in [5, 5.41) is 13.2. The van der Waals surface area contributed by atoms with Crippen molar-refractivity contribution in [3.63, 3.8) is 0 Å². The molecule has 1 saturated carbocycles. The molecule has 0 aliphatic heterocycles. The van der Waals surface area contributed by atoms with Crippen LogP contribution >= 0.6 is 0 Å². The van der Waals surface area contributed by atoms with Crippen molar-refractivity contribution in [2.75, 3.05) is 0 Å². The summed E-state index contributed by atoms with van der Waals surface area (Å²) in [5.74, 6) is -1.46. The Labute approximate surface area is 134 Å². The zero-order valence-corrected chi connectivity index (χ0v) is 13.0. The molecule has 2 atom stereocenters. The normalized spacial score (nSPS) is 22.3. The number of carbonyl (C=O) groups excluding carboxylic acids is 1. The van der Waals surface area contributed by atoms with Crippen LogP contribution in [-0.4, -0.2) is 23.0 Å². The number of para-hydroxylation sites is 1. The topological polar surface area (TPSA) is 79.5 Å². The predicted octanol–water partition coefficient (Wildman–Crippen LogP) is 3.59. The summed E-state index contributed by atoms with van der Waals surface area (Å²) in [4.78, 5) is 24.0. The second-order valence-electron chi connectivity index (χ2n) is 6.16. The lowest BCUT2D eigenvalue weighted by atomic mass is 9.86. The number of carboxylic acids is 1. The van der Waals surface area contributed by atoms with E-state index in [4.69, 9.17) is 4.42 Å². The molecule has 1 amide bonds. The summed E-state index contributed by atoms with van der Waals surface area (Å²) in [6.07, 6.45) is 5.30. The van der Waals surface area contributed by atoms with Gasteiger partial charge < -0.3 is 14.8 Å². The van der Waals surface area contributed by atoms with Crippen molar-refractivity contribution < 1.29 is 19.1 Å². The van der Waals surface area contributed by atoms with Crippen LogP contribution in [0.15, 0.2) is 34.7 Å². The van der Waals surface area contributed by atoms with Crippen LogP contribution in [0.5, 0.6) is 0 Å². The fraction of sp³-hybridized carbons (Fsp3) is 0.444. The number of hydrogen-bond acceptors (Lipinski definition) is 3. The fourth-order valence-corrected chi connectivity index (χ4v) is 3.29. The molecule has 2 unspecified atom stereocenters. The number of aliphatic carboxylic acids is 1. The average Bonchev–Trinajstić information content (AvgIpc) is 2.93. The number of carbonyl (C=O) groups is 2. The highest BCUT2D eigenvalue weighted by Gasteiger charge is 2.30. The van der Waals surface area contributed by atoms with Gasteiger partial charge in [0.1, 0.15) is 5.58 Å². The zero-order chi connectivity index (χ0) is 16.2. The van der Waals surface area contributed by atoms with Crippen LogP contribution in [0.25, 0.3) is 11.0 Å². The highest BCUT2D eigenvalue weighted by Crippen LogP contribution is 2.24. The monoisotopic (exact) mass is 315 g/mol. The molecule has 0 bridgehead atoms. The van der Waals surface area contributed by atoms with Gasteiger partial charge in [-0.2, -0.15) is 0 Å². The van der Waals surface area contributed by atoms with Gasteiger partial charge in [0.05, 0.1) is 5.92 Å². The van der Waals surface area contributed by atoms with Gasteiger partial charge in [0.25, 0.3) is 5.91 Å². The van der Waals surface area contributed by atoms with Gasteiger partial charge in [-0.15, -0.1) is 0 Å². The Hall–Kier alpha value is -2.30. The maximum Gasteiger partial charge on any atom is 0.308 e. The van der Waals surface area contributed by atoms with Gasteiger partial charge in [-0.1, -0.05) is 43.9 Å². The van der Waals surface area contributed by atoms with Gasteiger partial charge in [0.2, 0.25) is 0 Å². The van der Waals surface area contributed by atoms with Gasteiger partial charge in [0, 0.05) is 11.4 Å². The molecule has 5 heteroatoms. The van der Waals surface area contributed by atoms with Crippen LogP contribution in [0.2, 0.25) is 0 Å². The van der Waals surface area contributed by atoms with Crippen molar-refractivity contribution in [2.24, 2.45) is 5.92 Å². The maximum absolute atomic E-state index is 12.5. The molecular weight excluding hydrogens is 294 g/mol. The van der Waals surface area contributed by atoms with Crippen LogP contribution in [0.3, 0.4) is 0 Å². The Bertz CT molecular complexity index is 673. The molecule has 0 spiro atoms. The SMILES string of the molecule is O=C(NC1CCCCCCC1C(=O)O)c1cc2ccccc2o1. The lowest BCUT2D eigenvalue weighted by Gasteiger charge is -2.26. The quantitative estimate of drug-likeness (QED) is 0.907. The number of rotatable bonds is 3. The first-order valence-electron chi connectivity index (χ1n) is 8.17. The first-order valence-corrected chi connectivity index (χ1v) is 8.17. The molecule has 2 N–H and O–H groups in total. The van der Waals surface area contributed by atoms with Crippen molar-refractivity contribution in [3.8, 4) is 0 Å². The highest BCUT2D eigenvalue weighted by molar-refractivity contribution is 5.96. The third-order valence-electron chi connectivity index (χ3n) is 4.55. The Balaban J connectivity index is 1.76. The second-order valence-corrected chi connectivity index (χ2v) is 6.16. The third kappa shape index (κ3) is 3.55. The van der Waals surface area contributed by atoms with Crippen molar-refractivity contribution in [3.05, 3.63) is 36.1 Å². The summed E-state index contributed by atoms with van der Waals surface area (Å²) >= 11 is 0. The number of amides is 1. The molecule has 3 rings (SSSR count). The minimum Gasteiger partial charge on any atom is -0.481 e. The Morgan fingerprint density at radius 2 is 1.83 bits per heavy atom. The summed E-state index contributed by atoms with van der Waals surface area (Å²) < 4.78 is 5.56. The Morgan fingerprint density at radius 3 is 2.57 bits per heavy atom. The minimum absolute atomic E-state index is 0.234. The molecule has 5 nitrogen and oxygen atoms in total. The number of carboxylic acid groups (broad SMARTS) is 1. The van der Waals surface area contributed by atoms with Crippen LogP contribution in [-0.2, 0) is 4.79 Å². The Morgan fingerprint density at radius 1 is 1.09 bits per heavy atom. The molecule has 1 aromatic carbocycles. The fourth-order valence-electron chi connectivity index (χ4n) is 3.29. The zero-order valence-electron chi connectivity index (χ0n) is 13.0. The van der Waals surface area contributed by atoms with Crippen molar-refractivity contribution in [1.29, 1.82) is 0 Å². The number of furan rings is 1. The summed E-state index contributed by atoms with van der Waals surface area (Å²) in [6.45, 7) is 0. The Kier molecular flexibility index (Phi) is 4.65. The first kappa shape index (κ1) is 15.6. The molecular formula is C18H21NO4. The van der Waals surface area contributed by atoms with Gasteiger partial charge >= 0.3 is 5.97 Å². The van der Waals surface area contributed by atoms with E-state index in [1.807, 2.05) is 24.3 Å². The molecule has 2 aromatic rings. The maximum atomic E-state index is 12.5. The van der Waals surface area contributed by atoms with E-state index in [0.717, 1.165) is 31.1 Å². The lowest BCUT2D eigenvalue weighted by Crippen LogP contribution is -2.43. The van der Waals surface area contributed by atoms with Crippen molar-refractivity contribution in [2.45, 2.75) is 44.6 Å². The number of hydrogen-bond donors (Lipinski definition) is 2. The average molecular weight is 315 g/mol. The van der Waals surface area contributed by atoms with Crippen molar-refractivity contribution >= 4 is 22.8 Å². The van der Waals surface area contributed by atoms with Crippen LogP contribution < -0.4 is 5.32 Å². The standard InChI is InChI=1S/C18H21NO4/c20-17(16-11-12-7-5-6-10-15(12)23-16)19-14-9-4-2-1-3-8-13(14)18(21)22/h5-7,10-11,13-14H,1-4,8-9H2,(H,19,20)(H,21,22). The molecule has 1 fully saturated rings. The van der Waals surface area contributed by atoms with E-state index in [0.29, 0.717) is 18.4 Å². The van der Waals surface area contributed by atoms with E-state index in [1.54, 1.807) is 6.07 Å². The van der Waals surface area contributed by atoms with E-state index >= 15 is 0 Å². The van der Waals surface area contributed by atoms with Crippen LogP contribution in [0.1, 0.15) is 49.1 Å². The molecule has 1 heterocycles.